The van der Waals surface area contributed by atoms with Crippen LogP contribution in [0.25, 0.3) is 0 Å². The van der Waals surface area contributed by atoms with Gasteiger partial charge in [0.25, 0.3) is 5.91 Å². The number of carboxylic acids is 1. The van der Waals surface area contributed by atoms with Crippen molar-refractivity contribution in [3.8, 4) is 5.75 Å². The van der Waals surface area contributed by atoms with Crippen LogP contribution >= 0.6 is 0 Å². The van der Waals surface area contributed by atoms with Crippen molar-refractivity contribution in [2.45, 2.75) is 78.5 Å². The van der Waals surface area contributed by atoms with Crippen LogP contribution in [0, 0.1) is 12.8 Å². The molecule has 1 amide bonds. The molecule has 194 valence electrons. The van der Waals surface area contributed by atoms with Crippen LogP contribution in [-0.4, -0.2) is 57.1 Å². The Morgan fingerprint density at radius 3 is 2.26 bits per heavy atom. The summed E-state index contributed by atoms with van der Waals surface area (Å²) >= 11 is 0. The molecule has 2 rings (SSSR count). The number of carbonyl (C=O) groups is 2. The number of aryl methyl sites for hydroxylation is 2. The molecular weight excluding hydrogens is 448 g/mol. The van der Waals surface area contributed by atoms with Gasteiger partial charge in [-0.1, -0.05) is 39.8 Å². The first-order chi connectivity index (χ1) is 16.5. The molecule has 0 saturated heterocycles. The highest BCUT2D eigenvalue weighted by Crippen LogP contribution is 2.41. The Balaban J connectivity index is 2.46. The highest BCUT2D eigenvalue weighted by atomic mass is 16.5. The Morgan fingerprint density at radius 1 is 1.11 bits per heavy atom. The molecule has 2 atom stereocenters. The zero-order chi connectivity index (χ0) is 26.3. The van der Waals surface area contributed by atoms with Crippen molar-refractivity contribution in [3.05, 3.63) is 52.8 Å². The smallest absolute Gasteiger partial charge is 0.326 e. The summed E-state index contributed by atoms with van der Waals surface area (Å²) in [6.45, 7) is 11.9. The summed E-state index contributed by atoms with van der Waals surface area (Å²) in [5, 5.41) is 30.8. The van der Waals surface area contributed by atoms with E-state index in [2.05, 4.69) is 25.2 Å². The zero-order valence-electron chi connectivity index (χ0n) is 21.7. The van der Waals surface area contributed by atoms with Crippen molar-refractivity contribution >= 4 is 11.9 Å². The van der Waals surface area contributed by atoms with Gasteiger partial charge < -0.3 is 29.9 Å². The van der Waals surface area contributed by atoms with Gasteiger partial charge in [0.2, 0.25) is 0 Å². The van der Waals surface area contributed by atoms with E-state index in [1.54, 1.807) is 13.8 Å². The van der Waals surface area contributed by atoms with Gasteiger partial charge in [-0.3, -0.25) is 4.79 Å². The maximum Gasteiger partial charge on any atom is 0.326 e. The second-order valence-corrected chi connectivity index (χ2v) is 9.35. The Labute approximate surface area is 207 Å². The molecule has 8 nitrogen and oxygen atoms in total. The molecule has 0 aliphatic heterocycles. The molecule has 0 saturated carbocycles. The average molecular weight is 489 g/mol. The predicted octanol–water partition coefficient (Wildman–Crippen LogP) is 3.49. The molecule has 0 aliphatic carbocycles. The van der Waals surface area contributed by atoms with Crippen LogP contribution in [0.3, 0.4) is 0 Å². The number of ether oxygens (including phenoxy) is 1. The SMILES string of the molecule is CCn1cc(C(CC)(CC)c2ccc(OCC(O)CO)c(C)c2)cc1C(=O)NC(C(=O)O)C(C)C. The van der Waals surface area contributed by atoms with Gasteiger partial charge in [-0.05, 0) is 61.4 Å². The molecule has 1 aromatic heterocycles. The van der Waals surface area contributed by atoms with Gasteiger partial charge in [0.15, 0.2) is 0 Å². The third-order valence-corrected chi connectivity index (χ3v) is 6.82. The molecule has 8 heteroatoms. The quantitative estimate of drug-likeness (QED) is 0.342. The molecule has 4 N–H and O–H groups in total. The molecule has 0 bridgehead atoms. The van der Waals surface area contributed by atoms with Crippen LogP contribution < -0.4 is 10.1 Å². The summed E-state index contributed by atoms with van der Waals surface area (Å²) in [7, 11) is 0. The Kier molecular flexibility index (Phi) is 9.92. The first kappa shape index (κ1) is 28.4. The zero-order valence-corrected chi connectivity index (χ0v) is 21.7. The molecule has 0 fully saturated rings. The summed E-state index contributed by atoms with van der Waals surface area (Å²) in [6.07, 6.45) is 2.65. The van der Waals surface area contributed by atoms with Crippen molar-refractivity contribution in [3.63, 3.8) is 0 Å². The number of hydrogen-bond donors (Lipinski definition) is 4. The first-order valence-electron chi connectivity index (χ1n) is 12.3. The number of nitrogens with one attached hydrogen (secondary N) is 1. The number of benzene rings is 1. The molecule has 1 heterocycles. The van der Waals surface area contributed by atoms with Crippen molar-refractivity contribution in [1.82, 2.24) is 9.88 Å². The number of aliphatic carboxylic acids is 1. The van der Waals surface area contributed by atoms with E-state index in [0.717, 1.165) is 29.5 Å². The van der Waals surface area contributed by atoms with Gasteiger partial charge in [-0.15, -0.1) is 0 Å². The van der Waals surface area contributed by atoms with Crippen LogP contribution in [-0.2, 0) is 16.8 Å². The number of aliphatic hydroxyl groups is 2. The fourth-order valence-electron chi connectivity index (χ4n) is 4.53. The third-order valence-electron chi connectivity index (χ3n) is 6.82. The molecular formula is C27H40N2O6. The predicted molar refractivity (Wildman–Crippen MR) is 135 cm³/mol. The maximum absolute atomic E-state index is 13.1. The third kappa shape index (κ3) is 6.24. The molecule has 2 aromatic rings. The van der Waals surface area contributed by atoms with E-state index >= 15 is 0 Å². The van der Waals surface area contributed by atoms with E-state index in [1.807, 2.05) is 42.8 Å². The Bertz CT molecular complexity index is 1010. The lowest BCUT2D eigenvalue weighted by molar-refractivity contribution is -0.140. The lowest BCUT2D eigenvalue weighted by Gasteiger charge is -2.32. The minimum Gasteiger partial charge on any atom is -0.491 e. The summed E-state index contributed by atoms with van der Waals surface area (Å²) in [4.78, 5) is 24.7. The summed E-state index contributed by atoms with van der Waals surface area (Å²) < 4.78 is 7.53. The van der Waals surface area contributed by atoms with Gasteiger partial charge >= 0.3 is 5.97 Å². The van der Waals surface area contributed by atoms with E-state index in [4.69, 9.17) is 9.84 Å². The molecule has 1 aromatic carbocycles. The number of amides is 1. The topological polar surface area (TPSA) is 121 Å². The van der Waals surface area contributed by atoms with Gasteiger partial charge in [-0.2, -0.15) is 0 Å². The fraction of sp³-hybridized carbons (Fsp3) is 0.556. The highest BCUT2D eigenvalue weighted by molar-refractivity contribution is 5.95. The van der Waals surface area contributed by atoms with Gasteiger partial charge in [0.1, 0.15) is 30.2 Å². The average Bonchev–Trinajstić information content (AvgIpc) is 3.27. The van der Waals surface area contributed by atoms with Gasteiger partial charge in [0, 0.05) is 18.2 Å². The molecule has 35 heavy (non-hydrogen) atoms. The van der Waals surface area contributed by atoms with Gasteiger partial charge in [0.05, 0.1) is 6.61 Å². The summed E-state index contributed by atoms with van der Waals surface area (Å²) in [6, 6.07) is 6.86. The van der Waals surface area contributed by atoms with Crippen LogP contribution in [0.4, 0.5) is 0 Å². The molecule has 0 radical (unpaired) electrons. The normalized spacial score (nSPS) is 13.5. The minimum atomic E-state index is -1.05. The van der Waals surface area contributed by atoms with Crippen molar-refractivity contribution in [2.24, 2.45) is 5.92 Å². The van der Waals surface area contributed by atoms with Crippen LogP contribution in [0.1, 0.15) is 74.6 Å². The number of carbonyl (C=O) groups excluding carboxylic acids is 1. The summed E-state index contributed by atoms with van der Waals surface area (Å²) in [5.74, 6) is -1.05. The number of rotatable bonds is 13. The number of aliphatic hydroxyl groups excluding tert-OH is 2. The largest absolute Gasteiger partial charge is 0.491 e. The molecule has 2 unspecified atom stereocenters. The Hall–Kier alpha value is -2.84. The lowest BCUT2D eigenvalue weighted by atomic mass is 9.71. The number of aromatic nitrogens is 1. The second-order valence-electron chi connectivity index (χ2n) is 9.35. The maximum atomic E-state index is 13.1. The number of carboxylic acid groups (broad SMARTS) is 1. The van der Waals surface area contributed by atoms with E-state index in [1.165, 1.54) is 0 Å². The summed E-state index contributed by atoms with van der Waals surface area (Å²) in [5.41, 5.74) is 3.08. The Morgan fingerprint density at radius 2 is 1.77 bits per heavy atom. The highest BCUT2D eigenvalue weighted by Gasteiger charge is 2.34. The monoisotopic (exact) mass is 488 g/mol. The first-order valence-corrected chi connectivity index (χ1v) is 12.3. The number of nitrogens with zero attached hydrogens (tertiary/aromatic N) is 1. The lowest BCUT2D eigenvalue weighted by Crippen LogP contribution is -2.44. The standard InChI is InChI=1S/C27H40N2O6/c1-7-27(8-2,19-10-11-23(18(6)12-19)35-16-21(31)15-30)20-13-22(29(9-3)14-20)25(32)28-24(17(4)5)26(33)34/h10-14,17,21,24,30-31H,7-9,15-16H2,1-6H3,(H,28,32)(H,33,34). The van der Waals surface area contributed by atoms with Crippen LogP contribution in [0.15, 0.2) is 30.5 Å². The van der Waals surface area contributed by atoms with Crippen LogP contribution in [0.5, 0.6) is 5.75 Å². The van der Waals surface area contributed by atoms with Gasteiger partial charge in [-0.25, -0.2) is 4.79 Å². The molecule has 0 spiro atoms. The van der Waals surface area contributed by atoms with Crippen molar-refractivity contribution in [1.29, 1.82) is 0 Å². The fourth-order valence-corrected chi connectivity index (χ4v) is 4.53. The second kappa shape index (κ2) is 12.2. The molecule has 0 aliphatic rings. The van der Waals surface area contributed by atoms with E-state index < -0.39 is 24.0 Å². The van der Waals surface area contributed by atoms with Crippen molar-refractivity contribution < 1.29 is 29.6 Å². The van der Waals surface area contributed by atoms with Crippen molar-refractivity contribution in [2.75, 3.05) is 13.2 Å². The van der Waals surface area contributed by atoms with Crippen LogP contribution in [0.2, 0.25) is 0 Å². The van der Waals surface area contributed by atoms with E-state index in [9.17, 15) is 19.8 Å². The minimum absolute atomic E-state index is 0.00885. The van der Waals surface area contributed by atoms with E-state index in [-0.39, 0.29) is 24.5 Å². The van der Waals surface area contributed by atoms with E-state index in [0.29, 0.717) is 18.0 Å². The number of hydrogen-bond acceptors (Lipinski definition) is 5.